The van der Waals surface area contributed by atoms with Gasteiger partial charge in [-0.1, -0.05) is 0 Å². The number of nitro groups is 1. The standard InChI is InChI=1S/C8H9N3O5/c1-16-4-7(13)10-8-6(12)2-5(3-9-8)11(14)15/h2-3,12H,4H2,1H3,(H,9,10,13). The third kappa shape index (κ3) is 2.89. The van der Waals surface area contributed by atoms with E-state index in [0.29, 0.717) is 0 Å². The second-order valence-corrected chi connectivity index (χ2v) is 2.80. The second-order valence-electron chi connectivity index (χ2n) is 2.80. The van der Waals surface area contributed by atoms with Gasteiger partial charge in [0, 0.05) is 7.11 Å². The molecule has 1 aromatic rings. The van der Waals surface area contributed by atoms with Crippen LogP contribution in [0.4, 0.5) is 11.5 Å². The van der Waals surface area contributed by atoms with Crippen LogP contribution in [-0.2, 0) is 9.53 Å². The number of anilines is 1. The Hall–Kier alpha value is -2.22. The number of nitrogens with one attached hydrogen (secondary N) is 1. The summed E-state index contributed by atoms with van der Waals surface area (Å²) in [5.74, 6) is -1.13. The highest BCUT2D eigenvalue weighted by Crippen LogP contribution is 2.24. The van der Waals surface area contributed by atoms with Gasteiger partial charge in [-0.25, -0.2) is 4.98 Å². The van der Waals surface area contributed by atoms with Crippen LogP contribution >= 0.6 is 0 Å². The Bertz CT molecular complexity index is 420. The first-order valence-corrected chi connectivity index (χ1v) is 4.16. The number of hydrogen-bond acceptors (Lipinski definition) is 6. The maximum absolute atomic E-state index is 11.1. The third-order valence-electron chi connectivity index (χ3n) is 1.60. The highest BCUT2D eigenvalue weighted by molar-refractivity contribution is 5.92. The lowest BCUT2D eigenvalue weighted by Gasteiger charge is -2.04. The summed E-state index contributed by atoms with van der Waals surface area (Å²) in [7, 11) is 1.34. The molecule has 0 aromatic carbocycles. The van der Waals surface area contributed by atoms with Crippen LogP contribution in [0.25, 0.3) is 0 Å². The molecule has 8 heteroatoms. The Morgan fingerprint density at radius 2 is 2.44 bits per heavy atom. The molecule has 0 bridgehead atoms. The molecule has 16 heavy (non-hydrogen) atoms. The second kappa shape index (κ2) is 5.03. The third-order valence-corrected chi connectivity index (χ3v) is 1.60. The molecule has 1 rings (SSSR count). The van der Waals surface area contributed by atoms with Crippen molar-refractivity contribution in [3.63, 3.8) is 0 Å². The molecular weight excluding hydrogens is 218 g/mol. The lowest BCUT2D eigenvalue weighted by molar-refractivity contribution is -0.385. The van der Waals surface area contributed by atoms with Gasteiger partial charge < -0.3 is 15.2 Å². The average Bonchev–Trinajstić information content (AvgIpc) is 2.21. The fourth-order valence-electron chi connectivity index (χ4n) is 0.938. The SMILES string of the molecule is COCC(=O)Nc1ncc([N+](=O)[O-])cc1O. The molecule has 2 N–H and O–H groups in total. The molecule has 0 saturated carbocycles. The fraction of sp³-hybridized carbons (Fsp3) is 0.250. The highest BCUT2D eigenvalue weighted by Gasteiger charge is 2.13. The van der Waals surface area contributed by atoms with E-state index in [9.17, 15) is 20.0 Å². The Morgan fingerprint density at radius 1 is 1.75 bits per heavy atom. The van der Waals surface area contributed by atoms with E-state index in [1.54, 1.807) is 0 Å². The van der Waals surface area contributed by atoms with Crippen LogP contribution in [0.2, 0.25) is 0 Å². The number of aromatic hydroxyl groups is 1. The topological polar surface area (TPSA) is 115 Å². The first-order valence-electron chi connectivity index (χ1n) is 4.16. The minimum Gasteiger partial charge on any atom is -0.504 e. The Morgan fingerprint density at radius 3 is 2.94 bits per heavy atom. The van der Waals surface area contributed by atoms with Gasteiger partial charge in [-0.3, -0.25) is 14.9 Å². The molecule has 0 aliphatic rings. The van der Waals surface area contributed by atoms with E-state index >= 15 is 0 Å². The van der Waals surface area contributed by atoms with Gasteiger partial charge in [0.15, 0.2) is 11.6 Å². The normalized spacial score (nSPS) is 9.81. The summed E-state index contributed by atoms with van der Waals surface area (Å²) in [6, 6.07) is 0.898. The summed E-state index contributed by atoms with van der Waals surface area (Å²) >= 11 is 0. The lowest BCUT2D eigenvalue weighted by atomic mass is 10.4. The lowest BCUT2D eigenvalue weighted by Crippen LogP contribution is -2.17. The quantitative estimate of drug-likeness (QED) is 0.564. The van der Waals surface area contributed by atoms with Crippen LogP contribution < -0.4 is 5.32 Å². The monoisotopic (exact) mass is 227 g/mol. The van der Waals surface area contributed by atoms with Gasteiger partial charge in [-0.2, -0.15) is 0 Å². The van der Waals surface area contributed by atoms with Crippen molar-refractivity contribution in [1.82, 2.24) is 4.98 Å². The molecule has 0 unspecified atom stereocenters. The van der Waals surface area contributed by atoms with Crippen LogP contribution in [0.5, 0.6) is 5.75 Å². The zero-order valence-electron chi connectivity index (χ0n) is 8.34. The minimum atomic E-state index is -0.701. The summed E-state index contributed by atoms with van der Waals surface area (Å²) < 4.78 is 4.55. The van der Waals surface area contributed by atoms with Crippen molar-refractivity contribution in [3.05, 3.63) is 22.4 Å². The van der Waals surface area contributed by atoms with Gasteiger partial charge in [0.25, 0.3) is 11.6 Å². The molecule has 0 spiro atoms. The number of rotatable bonds is 4. The Labute approximate surface area is 90.0 Å². The summed E-state index contributed by atoms with van der Waals surface area (Å²) in [6.45, 7) is -0.196. The van der Waals surface area contributed by atoms with Crippen molar-refractivity contribution in [3.8, 4) is 5.75 Å². The van der Waals surface area contributed by atoms with E-state index in [1.165, 1.54) is 7.11 Å². The molecular formula is C8H9N3O5. The molecule has 0 fully saturated rings. The fourth-order valence-corrected chi connectivity index (χ4v) is 0.938. The first-order chi connectivity index (χ1) is 7.54. The number of nitrogens with zero attached hydrogens (tertiary/aromatic N) is 2. The number of carbonyl (C=O) groups excluding carboxylic acids is 1. The van der Waals surface area contributed by atoms with E-state index in [-0.39, 0.29) is 18.1 Å². The van der Waals surface area contributed by atoms with Crippen LogP contribution in [0, 0.1) is 10.1 Å². The number of amides is 1. The van der Waals surface area contributed by atoms with Crippen LogP contribution in [-0.4, -0.2) is 34.6 Å². The molecule has 0 saturated heterocycles. The number of ether oxygens (including phenoxy) is 1. The van der Waals surface area contributed by atoms with E-state index in [1.807, 2.05) is 0 Å². The van der Waals surface area contributed by atoms with Gasteiger partial charge in [0.2, 0.25) is 0 Å². The molecule has 0 aliphatic heterocycles. The van der Waals surface area contributed by atoms with Crippen LogP contribution in [0.1, 0.15) is 0 Å². The zero-order chi connectivity index (χ0) is 12.1. The van der Waals surface area contributed by atoms with E-state index in [4.69, 9.17) is 0 Å². The summed E-state index contributed by atoms with van der Waals surface area (Å²) in [6.07, 6.45) is 0.933. The molecule has 8 nitrogen and oxygen atoms in total. The number of methoxy groups -OCH3 is 1. The van der Waals surface area contributed by atoms with E-state index in [0.717, 1.165) is 12.3 Å². The maximum atomic E-state index is 11.1. The van der Waals surface area contributed by atoms with Gasteiger partial charge in [-0.15, -0.1) is 0 Å². The van der Waals surface area contributed by atoms with Crippen molar-refractivity contribution in [1.29, 1.82) is 0 Å². The van der Waals surface area contributed by atoms with Gasteiger partial charge in [0.1, 0.15) is 12.8 Å². The zero-order valence-corrected chi connectivity index (χ0v) is 8.34. The van der Waals surface area contributed by atoms with Crippen molar-refractivity contribution < 1.29 is 19.6 Å². The van der Waals surface area contributed by atoms with Gasteiger partial charge >= 0.3 is 0 Å². The predicted molar refractivity (Wildman–Crippen MR) is 53.1 cm³/mol. The molecule has 1 heterocycles. The molecule has 1 aromatic heterocycles. The van der Waals surface area contributed by atoms with Gasteiger partial charge in [-0.05, 0) is 0 Å². The Balaban J connectivity index is 2.83. The van der Waals surface area contributed by atoms with E-state index in [2.05, 4.69) is 15.0 Å². The minimum absolute atomic E-state index is 0.146. The largest absolute Gasteiger partial charge is 0.504 e. The van der Waals surface area contributed by atoms with Gasteiger partial charge in [0.05, 0.1) is 11.0 Å². The molecule has 1 amide bonds. The molecule has 86 valence electrons. The number of hydrogen-bond donors (Lipinski definition) is 2. The molecule has 0 aliphatic carbocycles. The summed E-state index contributed by atoms with van der Waals surface area (Å²) in [4.78, 5) is 24.2. The number of aromatic nitrogens is 1. The first kappa shape index (κ1) is 11.9. The summed E-state index contributed by atoms with van der Waals surface area (Å²) in [5.41, 5.74) is -0.359. The number of pyridine rings is 1. The molecule has 0 radical (unpaired) electrons. The Kier molecular flexibility index (Phi) is 3.72. The van der Waals surface area contributed by atoms with Crippen LogP contribution in [0.15, 0.2) is 12.3 Å². The maximum Gasteiger partial charge on any atom is 0.291 e. The van der Waals surface area contributed by atoms with Crippen LogP contribution in [0.3, 0.4) is 0 Å². The van der Waals surface area contributed by atoms with E-state index < -0.39 is 16.6 Å². The smallest absolute Gasteiger partial charge is 0.291 e. The van der Waals surface area contributed by atoms with Crippen molar-refractivity contribution in [2.75, 3.05) is 19.0 Å². The van der Waals surface area contributed by atoms with Crippen molar-refractivity contribution in [2.45, 2.75) is 0 Å². The number of carbonyl (C=O) groups is 1. The summed E-state index contributed by atoms with van der Waals surface area (Å²) in [5, 5.41) is 21.9. The predicted octanol–water partition coefficient (Wildman–Crippen LogP) is 0.280. The van der Waals surface area contributed by atoms with Crippen molar-refractivity contribution >= 4 is 17.4 Å². The molecule has 0 atom stereocenters. The van der Waals surface area contributed by atoms with Crippen molar-refractivity contribution in [2.24, 2.45) is 0 Å². The average molecular weight is 227 g/mol. The highest BCUT2D eigenvalue weighted by atomic mass is 16.6.